The number of rotatable bonds is 4. The highest BCUT2D eigenvalue weighted by atomic mass is 32.2. The normalized spacial score (nSPS) is 14.5. The fourth-order valence-electron chi connectivity index (χ4n) is 3.61. The third-order valence-electron chi connectivity index (χ3n) is 5.52. The molecular weight excluding hydrogens is 449 g/mol. The average Bonchev–Trinajstić information content (AvgIpc) is 2.81. The molecule has 3 aromatic rings. The van der Waals surface area contributed by atoms with Crippen molar-refractivity contribution in [3.63, 3.8) is 0 Å². The van der Waals surface area contributed by atoms with Crippen molar-refractivity contribution in [3.8, 4) is 0 Å². The average molecular weight is 473 g/mol. The molecule has 0 aliphatic carbocycles. The Labute approximate surface area is 194 Å². The maximum absolute atomic E-state index is 13.3. The molecule has 1 aromatic carbocycles. The van der Waals surface area contributed by atoms with Crippen molar-refractivity contribution in [2.45, 2.75) is 29.9 Å². The monoisotopic (exact) mass is 472 g/mol. The molecule has 0 N–H and O–H groups in total. The summed E-state index contributed by atoms with van der Waals surface area (Å²) in [5.74, 6) is 0.374. The molecule has 172 valence electrons. The summed E-state index contributed by atoms with van der Waals surface area (Å²) in [5, 5.41) is 0.656. The largest absolute Gasteiger partial charge is 0.417 e. The Morgan fingerprint density at radius 2 is 1.76 bits per heavy atom. The van der Waals surface area contributed by atoms with Gasteiger partial charge in [-0.15, -0.1) is 0 Å². The van der Waals surface area contributed by atoms with E-state index in [1.165, 1.54) is 17.8 Å². The summed E-state index contributed by atoms with van der Waals surface area (Å²) < 4.78 is 38.3. The number of aromatic nitrogens is 2. The van der Waals surface area contributed by atoms with Crippen LogP contribution in [0.3, 0.4) is 0 Å². The van der Waals surface area contributed by atoms with Crippen LogP contribution in [-0.4, -0.2) is 47.0 Å². The molecule has 0 atom stereocenters. The van der Waals surface area contributed by atoms with Gasteiger partial charge in [0.1, 0.15) is 10.8 Å². The van der Waals surface area contributed by atoms with E-state index in [4.69, 9.17) is 0 Å². The van der Waals surface area contributed by atoms with Crippen LogP contribution in [0.4, 0.5) is 19.0 Å². The van der Waals surface area contributed by atoms with Gasteiger partial charge in [-0.05, 0) is 55.3 Å². The molecule has 5 nitrogen and oxygen atoms in total. The van der Waals surface area contributed by atoms with Crippen LogP contribution in [0.5, 0.6) is 0 Å². The van der Waals surface area contributed by atoms with Gasteiger partial charge in [0.2, 0.25) is 0 Å². The van der Waals surface area contributed by atoms with E-state index >= 15 is 0 Å². The number of hydrogen-bond donors (Lipinski definition) is 0. The molecule has 3 heterocycles. The molecular formula is C24H23F3N4OS. The molecule has 0 radical (unpaired) electrons. The first-order valence-electron chi connectivity index (χ1n) is 10.5. The van der Waals surface area contributed by atoms with Gasteiger partial charge in [-0.25, -0.2) is 9.97 Å². The van der Waals surface area contributed by atoms with E-state index in [-0.39, 0.29) is 5.91 Å². The van der Waals surface area contributed by atoms with E-state index in [9.17, 15) is 18.0 Å². The van der Waals surface area contributed by atoms with Crippen LogP contribution in [0.15, 0.2) is 64.8 Å². The Kier molecular flexibility index (Phi) is 6.60. The maximum Gasteiger partial charge on any atom is 0.417 e. The number of amides is 1. The van der Waals surface area contributed by atoms with Crippen molar-refractivity contribution in [2.24, 2.45) is 0 Å². The number of pyridine rings is 2. The van der Waals surface area contributed by atoms with Crippen molar-refractivity contribution in [2.75, 3.05) is 31.1 Å². The molecule has 33 heavy (non-hydrogen) atoms. The van der Waals surface area contributed by atoms with Crippen LogP contribution in [0.2, 0.25) is 0 Å². The van der Waals surface area contributed by atoms with E-state index in [0.717, 1.165) is 28.3 Å². The second kappa shape index (κ2) is 9.43. The van der Waals surface area contributed by atoms with E-state index in [1.54, 1.807) is 23.2 Å². The number of halogens is 3. The molecule has 1 fully saturated rings. The molecule has 0 bridgehead atoms. The molecule has 2 aromatic heterocycles. The number of aryl methyl sites for hydroxylation is 2. The zero-order valence-corrected chi connectivity index (χ0v) is 19.1. The summed E-state index contributed by atoms with van der Waals surface area (Å²) in [5.41, 5.74) is 2.03. The van der Waals surface area contributed by atoms with Crippen LogP contribution in [0, 0.1) is 13.8 Å². The minimum Gasteiger partial charge on any atom is -0.353 e. The first-order valence-corrected chi connectivity index (χ1v) is 11.3. The van der Waals surface area contributed by atoms with E-state index in [1.807, 2.05) is 18.7 Å². The number of hydrogen-bond acceptors (Lipinski definition) is 5. The quantitative estimate of drug-likeness (QED) is 0.521. The van der Waals surface area contributed by atoms with Gasteiger partial charge in [0.05, 0.1) is 11.1 Å². The third kappa shape index (κ3) is 5.30. The highest BCUT2D eigenvalue weighted by Crippen LogP contribution is 2.33. The number of benzene rings is 1. The van der Waals surface area contributed by atoms with Gasteiger partial charge in [-0.3, -0.25) is 4.79 Å². The maximum atomic E-state index is 13.3. The molecule has 1 aliphatic rings. The molecule has 0 saturated carbocycles. The zero-order chi connectivity index (χ0) is 23.6. The second-order valence-corrected chi connectivity index (χ2v) is 8.94. The SMILES string of the molecule is Cc1ccc(C)c(Sc2ncccc2C(=O)N2CCN(c3ccc(C(F)(F)F)cn3)CC2)c1. The van der Waals surface area contributed by atoms with Crippen LogP contribution < -0.4 is 4.90 Å². The van der Waals surface area contributed by atoms with Crippen LogP contribution in [0.1, 0.15) is 27.0 Å². The van der Waals surface area contributed by atoms with Gasteiger partial charge in [0.25, 0.3) is 5.91 Å². The molecule has 0 unspecified atom stereocenters. The van der Waals surface area contributed by atoms with E-state index < -0.39 is 11.7 Å². The lowest BCUT2D eigenvalue weighted by Gasteiger charge is -2.35. The molecule has 1 saturated heterocycles. The Balaban J connectivity index is 1.45. The molecule has 1 amide bonds. The van der Waals surface area contributed by atoms with E-state index in [0.29, 0.717) is 42.6 Å². The summed E-state index contributed by atoms with van der Waals surface area (Å²) >= 11 is 1.48. The summed E-state index contributed by atoms with van der Waals surface area (Å²) in [7, 11) is 0. The van der Waals surface area contributed by atoms with Crippen molar-refractivity contribution < 1.29 is 18.0 Å². The number of anilines is 1. The highest BCUT2D eigenvalue weighted by molar-refractivity contribution is 7.99. The lowest BCUT2D eigenvalue weighted by molar-refractivity contribution is -0.137. The topological polar surface area (TPSA) is 49.3 Å². The predicted octanol–water partition coefficient (Wildman–Crippen LogP) is 5.23. The first-order chi connectivity index (χ1) is 15.7. The predicted molar refractivity (Wildman–Crippen MR) is 122 cm³/mol. The van der Waals surface area contributed by atoms with E-state index in [2.05, 4.69) is 28.2 Å². The van der Waals surface area contributed by atoms with Crippen LogP contribution in [-0.2, 0) is 6.18 Å². The fraction of sp³-hybridized carbons (Fsp3) is 0.292. The van der Waals surface area contributed by atoms with Crippen molar-refractivity contribution in [1.29, 1.82) is 0 Å². The zero-order valence-electron chi connectivity index (χ0n) is 18.3. The Morgan fingerprint density at radius 1 is 1.00 bits per heavy atom. The smallest absolute Gasteiger partial charge is 0.353 e. The number of carbonyl (C=O) groups is 1. The number of piperazine rings is 1. The summed E-state index contributed by atoms with van der Waals surface area (Å²) in [4.78, 5) is 26.4. The number of alkyl halides is 3. The summed E-state index contributed by atoms with van der Waals surface area (Å²) in [6.45, 7) is 5.93. The minimum atomic E-state index is -4.41. The first kappa shape index (κ1) is 23.1. The van der Waals surface area contributed by atoms with Crippen molar-refractivity contribution in [3.05, 3.63) is 77.1 Å². The molecule has 0 spiro atoms. The summed E-state index contributed by atoms with van der Waals surface area (Å²) in [6, 6.07) is 12.1. The molecule has 4 rings (SSSR count). The van der Waals surface area contributed by atoms with Crippen LogP contribution in [0.25, 0.3) is 0 Å². The van der Waals surface area contributed by atoms with Gasteiger partial charge < -0.3 is 9.80 Å². The second-order valence-electron chi connectivity index (χ2n) is 7.91. The number of nitrogens with zero attached hydrogens (tertiary/aromatic N) is 4. The fourth-order valence-corrected chi connectivity index (χ4v) is 4.67. The Morgan fingerprint density at radius 3 is 2.42 bits per heavy atom. The summed E-state index contributed by atoms with van der Waals surface area (Å²) in [6.07, 6.45) is -1.88. The molecule has 1 aliphatic heterocycles. The third-order valence-corrected chi connectivity index (χ3v) is 6.70. The minimum absolute atomic E-state index is 0.101. The Hall–Kier alpha value is -3.07. The number of carbonyl (C=O) groups excluding carboxylic acids is 1. The van der Waals surface area contributed by atoms with Crippen LogP contribution >= 0.6 is 11.8 Å². The lowest BCUT2D eigenvalue weighted by Crippen LogP contribution is -2.49. The van der Waals surface area contributed by atoms with Gasteiger partial charge in [-0.2, -0.15) is 13.2 Å². The van der Waals surface area contributed by atoms with Crippen molar-refractivity contribution >= 4 is 23.5 Å². The van der Waals surface area contributed by atoms with Gasteiger partial charge in [-0.1, -0.05) is 23.9 Å². The standard InChI is InChI=1S/C24H23F3N4OS/c1-16-5-6-17(2)20(14-16)33-22-19(4-3-9-28-22)23(32)31-12-10-30(11-13-31)21-8-7-18(15-29-21)24(25,26)27/h3-9,14-15H,10-13H2,1-2H3. The lowest BCUT2D eigenvalue weighted by atomic mass is 10.2. The highest BCUT2D eigenvalue weighted by Gasteiger charge is 2.31. The molecule has 9 heteroatoms. The van der Waals surface area contributed by atoms with Gasteiger partial charge in [0, 0.05) is 43.5 Å². The van der Waals surface area contributed by atoms with Crippen molar-refractivity contribution in [1.82, 2.24) is 14.9 Å². The Bertz CT molecular complexity index is 1140. The van der Waals surface area contributed by atoms with Gasteiger partial charge >= 0.3 is 6.18 Å². The van der Waals surface area contributed by atoms with Gasteiger partial charge in [0.15, 0.2) is 0 Å².